The number of rotatable bonds is 9. The van der Waals surface area contributed by atoms with E-state index in [-0.39, 0.29) is 11.6 Å². The molecule has 0 heterocycles. The topological polar surface area (TPSA) is 79.8 Å². The highest BCUT2D eigenvalue weighted by atomic mass is 127. The fraction of sp³-hybridized carbons (Fsp3) is 0.115. The van der Waals surface area contributed by atoms with Gasteiger partial charge in [0.2, 0.25) is 0 Å². The SMILES string of the molecule is CCCOc1ccc(/C=C(\NC(=O)c2ccccc2)C(=O)N/N=C/c2cccc(I)c2)cc1. The molecule has 3 rings (SSSR count). The van der Waals surface area contributed by atoms with Crippen molar-refractivity contribution >= 4 is 46.7 Å². The minimum absolute atomic E-state index is 0.0749. The van der Waals surface area contributed by atoms with Crippen molar-refractivity contribution in [1.82, 2.24) is 10.7 Å². The Morgan fingerprint density at radius 2 is 1.73 bits per heavy atom. The zero-order chi connectivity index (χ0) is 23.5. The van der Waals surface area contributed by atoms with Gasteiger partial charge in [-0.05, 0) is 82.6 Å². The molecule has 3 aromatic carbocycles. The number of nitrogens with zero attached hydrogens (tertiary/aromatic N) is 1. The molecule has 0 saturated carbocycles. The second-order valence-electron chi connectivity index (χ2n) is 7.05. The van der Waals surface area contributed by atoms with Crippen molar-refractivity contribution in [2.45, 2.75) is 13.3 Å². The highest BCUT2D eigenvalue weighted by molar-refractivity contribution is 14.1. The molecule has 2 N–H and O–H groups in total. The lowest BCUT2D eigenvalue weighted by Crippen LogP contribution is -2.32. The average Bonchev–Trinajstić information content (AvgIpc) is 2.83. The number of carbonyl (C=O) groups excluding carboxylic acids is 2. The summed E-state index contributed by atoms with van der Waals surface area (Å²) in [5.41, 5.74) is 4.59. The van der Waals surface area contributed by atoms with Crippen LogP contribution in [0.5, 0.6) is 5.75 Å². The molecule has 2 amide bonds. The van der Waals surface area contributed by atoms with Crippen molar-refractivity contribution in [3.8, 4) is 5.75 Å². The summed E-state index contributed by atoms with van der Waals surface area (Å²) in [6.07, 6.45) is 4.07. The van der Waals surface area contributed by atoms with Crippen LogP contribution in [-0.4, -0.2) is 24.6 Å². The number of hydrazone groups is 1. The molecular weight excluding hydrogens is 529 g/mol. The highest BCUT2D eigenvalue weighted by Crippen LogP contribution is 2.15. The molecule has 6 nitrogen and oxygen atoms in total. The van der Waals surface area contributed by atoms with E-state index < -0.39 is 5.91 Å². The van der Waals surface area contributed by atoms with E-state index in [1.807, 2.05) is 61.5 Å². The van der Waals surface area contributed by atoms with Gasteiger partial charge in [-0.25, -0.2) is 5.43 Å². The third-order valence-electron chi connectivity index (χ3n) is 4.42. The summed E-state index contributed by atoms with van der Waals surface area (Å²) in [7, 11) is 0. The lowest BCUT2D eigenvalue weighted by Gasteiger charge is -2.10. The Morgan fingerprint density at radius 3 is 2.42 bits per heavy atom. The Morgan fingerprint density at radius 1 is 0.970 bits per heavy atom. The maximum atomic E-state index is 12.8. The average molecular weight is 553 g/mol. The third-order valence-corrected chi connectivity index (χ3v) is 5.09. The van der Waals surface area contributed by atoms with E-state index in [1.165, 1.54) is 0 Å². The van der Waals surface area contributed by atoms with Gasteiger partial charge in [-0.15, -0.1) is 0 Å². The maximum Gasteiger partial charge on any atom is 0.287 e. The van der Waals surface area contributed by atoms with Crippen molar-refractivity contribution in [2.75, 3.05) is 6.61 Å². The number of hydrogen-bond donors (Lipinski definition) is 2. The summed E-state index contributed by atoms with van der Waals surface area (Å²) in [6, 6.07) is 23.7. The Labute approximate surface area is 206 Å². The van der Waals surface area contributed by atoms with E-state index >= 15 is 0 Å². The van der Waals surface area contributed by atoms with Crippen LogP contribution in [-0.2, 0) is 4.79 Å². The molecule has 0 aromatic heterocycles. The van der Waals surface area contributed by atoms with Gasteiger partial charge in [0, 0.05) is 9.13 Å². The lowest BCUT2D eigenvalue weighted by molar-refractivity contribution is -0.117. The number of benzene rings is 3. The van der Waals surface area contributed by atoms with Crippen LogP contribution < -0.4 is 15.5 Å². The van der Waals surface area contributed by atoms with E-state index in [0.29, 0.717) is 12.2 Å². The van der Waals surface area contributed by atoms with E-state index in [1.54, 1.807) is 36.6 Å². The molecule has 33 heavy (non-hydrogen) atoms. The molecular formula is C26H24IN3O3. The molecule has 7 heteroatoms. The quantitative estimate of drug-likeness (QED) is 0.170. The monoisotopic (exact) mass is 553 g/mol. The van der Waals surface area contributed by atoms with Crippen LogP contribution in [0.2, 0.25) is 0 Å². The van der Waals surface area contributed by atoms with Crippen molar-refractivity contribution in [3.63, 3.8) is 0 Å². The van der Waals surface area contributed by atoms with Crippen LogP contribution in [0, 0.1) is 3.57 Å². The van der Waals surface area contributed by atoms with E-state index in [4.69, 9.17) is 4.74 Å². The minimum atomic E-state index is -0.535. The van der Waals surface area contributed by atoms with Crippen LogP contribution in [0.15, 0.2) is 89.7 Å². The summed E-state index contributed by atoms with van der Waals surface area (Å²) in [4.78, 5) is 25.5. The third kappa shape index (κ3) is 7.87. The van der Waals surface area contributed by atoms with E-state index in [0.717, 1.165) is 26.9 Å². The van der Waals surface area contributed by atoms with Crippen molar-refractivity contribution in [2.24, 2.45) is 5.10 Å². The number of ether oxygens (including phenoxy) is 1. The molecule has 0 unspecified atom stereocenters. The van der Waals surface area contributed by atoms with Gasteiger partial charge in [-0.1, -0.05) is 49.4 Å². The number of nitrogens with one attached hydrogen (secondary N) is 2. The van der Waals surface area contributed by atoms with Crippen LogP contribution >= 0.6 is 22.6 Å². The van der Waals surface area contributed by atoms with Gasteiger partial charge in [0.1, 0.15) is 11.4 Å². The normalized spacial score (nSPS) is 11.3. The standard InChI is InChI=1S/C26H24IN3O3/c1-2-15-33-23-13-11-19(12-14-23)17-24(29-25(31)21-8-4-3-5-9-21)26(32)30-28-18-20-7-6-10-22(27)16-20/h3-14,16-18H,2,15H2,1H3,(H,29,31)(H,30,32)/b24-17-,28-18+. The molecule has 3 aromatic rings. The molecule has 0 fully saturated rings. The second-order valence-corrected chi connectivity index (χ2v) is 8.30. The summed E-state index contributed by atoms with van der Waals surface area (Å²) in [5, 5.41) is 6.73. The van der Waals surface area contributed by atoms with Gasteiger partial charge in [-0.2, -0.15) is 5.10 Å². The maximum absolute atomic E-state index is 12.8. The summed E-state index contributed by atoms with van der Waals surface area (Å²) >= 11 is 2.21. The van der Waals surface area contributed by atoms with Gasteiger partial charge < -0.3 is 10.1 Å². The summed E-state index contributed by atoms with van der Waals surface area (Å²) in [5.74, 6) is -0.177. The molecule has 0 atom stereocenters. The summed E-state index contributed by atoms with van der Waals surface area (Å²) in [6.45, 7) is 2.67. The van der Waals surface area contributed by atoms with Gasteiger partial charge in [0.15, 0.2) is 0 Å². The molecule has 0 radical (unpaired) electrons. The van der Waals surface area contributed by atoms with Gasteiger partial charge in [-0.3, -0.25) is 9.59 Å². The Bertz CT molecular complexity index is 1140. The second kappa shape index (κ2) is 12.5. The first-order valence-corrected chi connectivity index (χ1v) is 11.5. The molecule has 0 bridgehead atoms. The van der Waals surface area contributed by atoms with E-state index in [9.17, 15) is 9.59 Å². The molecule has 0 aliphatic heterocycles. The van der Waals surface area contributed by atoms with Gasteiger partial charge in [0.05, 0.1) is 12.8 Å². The molecule has 0 saturated heterocycles. The first kappa shape index (κ1) is 24.2. The number of carbonyl (C=O) groups is 2. The molecule has 0 spiro atoms. The predicted molar refractivity (Wildman–Crippen MR) is 139 cm³/mol. The smallest absolute Gasteiger partial charge is 0.287 e. The highest BCUT2D eigenvalue weighted by Gasteiger charge is 2.14. The molecule has 0 aliphatic rings. The zero-order valence-electron chi connectivity index (χ0n) is 18.1. The van der Waals surface area contributed by atoms with Gasteiger partial charge >= 0.3 is 0 Å². The van der Waals surface area contributed by atoms with E-state index in [2.05, 4.69) is 38.4 Å². The minimum Gasteiger partial charge on any atom is -0.494 e. The largest absolute Gasteiger partial charge is 0.494 e. The van der Waals surface area contributed by atoms with Crippen molar-refractivity contribution < 1.29 is 14.3 Å². The first-order chi connectivity index (χ1) is 16.0. The number of hydrogen-bond acceptors (Lipinski definition) is 4. The van der Waals surface area contributed by atoms with Crippen LogP contribution in [0.3, 0.4) is 0 Å². The number of halogens is 1. The van der Waals surface area contributed by atoms with Crippen LogP contribution in [0.4, 0.5) is 0 Å². The van der Waals surface area contributed by atoms with Crippen LogP contribution in [0.1, 0.15) is 34.8 Å². The van der Waals surface area contributed by atoms with Crippen LogP contribution in [0.25, 0.3) is 6.08 Å². The Hall–Kier alpha value is -3.46. The Balaban J connectivity index is 1.78. The predicted octanol–water partition coefficient (Wildman–Crippen LogP) is 5.00. The molecule has 0 aliphatic carbocycles. The van der Waals surface area contributed by atoms with Crippen molar-refractivity contribution in [3.05, 3.63) is 105 Å². The fourth-order valence-electron chi connectivity index (χ4n) is 2.80. The Kier molecular flexibility index (Phi) is 9.19. The molecule has 168 valence electrons. The first-order valence-electron chi connectivity index (χ1n) is 10.4. The summed E-state index contributed by atoms with van der Waals surface area (Å²) < 4.78 is 6.66. The fourth-order valence-corrected chi connectivity index (χ4v) is 3.37. The van der Waals surface area contributed by atoms with Crippen molar-refractivity contribution in [1.29, 1.82) is 0 Å². The number of amides is 2. The zero-order valence-corrected chi connectivity index (χ0v) is 20.3. The van der Waals surface area contributed by atoms with Gasteiger partial charge in [0.25, 0.3) is 11.8 Å². The lowest BCUT2D eigenvalue weighted by atomic mass is 10.1.